The van der Waals surface area contributed by atoms with Gasteiger partial charge in [0.1, 0.15) is 5.75 Å². The lowest BCUT2D eigenvalue weighted by Crippen LogP contribution is -2.52. The Balaban J connectivity index is 1.36. The second-order valence-electron chi connectivity index (χ2n) is 7.09. The minimum Gasteiger partial charge on any atom is -0.494 e. The van der Waals surface area contributed by atoms with Gasteiger partial charge in [-0.05, 0) is 55.8 Å². The third-order valence-electron chi connectivity index (χ3n) is 4.79. The van der Waals surface area contributed by atoms with Crippen LogP contribution in [0, 0.1) is 6.92 Å². The molecular formula is C22H22ClN5O3S. The minimum absolute atomic E-state index is 0.124. The Labute approximate surface area is 195 Å². The van der Waals surface area contributed by atoms with Crippen molar-refractivity contribution in [1.29, 1.82) is 0 Å². The molecule has 0 fully saturated rings. The highest BCUT2D eigenvalue weighted by atomic mass is 35.5. The smallest absolute Gasteiger partial charge is 0.276 e. The molecule has 0 saturated heterocycles. The van der Waals surface area contributed by atoms with E-state index in [9.17, 15) is 9.59 Å². The van der Waals surface area contributed by atoms with Gasteiger partial charge in [0.15, 0.2) is 5.17 Å². The molecule has 10 heteroatoms. The Morgan fingerprint density at radius 2 is 2.03 bits per heavy atom. The summed E-state index contributed by atoms with van der Waals surface area (Å²) in [6.07, 6.45) is 2.79. The summed E-state index contributed by atoms with van der Waals surface area (Å²) in [5.74, 6) is 0.484. The topological polar surface area (TPSA) is 86.3 Å². The largest absolute Gasteiger partial charge is 0.494 e. The van der Waals surface area contributed by atoms with Crippen molar-refractivity contribution in [2.24, 2.45) is 5.10 Å². The highest BCUT2D eigenvalue weighted by Crippen LogP contribution is 2.28. The number of aryl methyl sites for hydroxylation is 1. The number of halogens is 1. The molecule has 0 radical (unpaired) electrons. The molecule has 4 rings (SSSR count). The number of hydrogen-bond donors (Lipinski definition) is 2. The average Bonchev–Trinajstić information content (AvgIpc) is 3.19. The van der Waals surface area contributed by atoms with E-state index in [-0.39, 0.29) is 17.6 Å². The van der Waals surface area contributed by atoms with E-state index in [0.717, 1.165) is 17.0 Å². The number of amides is 2. The van der Waals surface area contributed by atoms with Gasteiger partial charge in [-0.15, -0.1) is 0 Å². The monoisotopic (exact) mass is 471 g/mol. The molecular weight excluding hydrogens is 450 g/mol. The predicted octanol–water partition coefficient (Wildman–Crippen LogP) is 3.74. The average molecular weight is 472 g/mol. The first-order valence-corrected chi connectivity index (χ1v) is 11.4. The van der Waals surface area contributed by atoms with Crippen molar-refractivity contribution in [2.45, 2.75) is 20.0 Å². The molecule has 0 bridgehead atoms. The highest BCUT2D eigenvalue weighted by molar-refractivity contribution is 8.14. The van der Waals surface area contributed by atoms with E-state index >= 15 is 0 Å². The lowest BCUT2D eigenvalue weighted by atomic mass is 10.2. The number of hydrazone groups is 1. The number of hydrogen-bond acceptors (Lipinski definition) is 7. The molecule has 2 N–H and O–H groups in total. The Kier molecular flexibility index (Phi) is 6.57. The molecule has 2 amide bonds. The maximum atomic E-state index is 13.0. The van der Waals surface area contributed by atoms with E-state index in [1.54, 1.807) is 34.3 Å². The first-order chi connectivity index (χ1) is 15.5. The van der Waals surface area contributed by atoms with Crippen LogP contribution in [0.5, 0.6) is 5.75 Å². The van der Waals surface area contributed by atoms with Crippen LogP contribution >= 0.6 is 23.4 Å². The quantitative estimate of drug-likeness (QED) is 0.667. The van der Waals surface area contributed by atoms with Gasteiger partial charge in [-0.1, -0.05) is 29.4 Å². The maximum Gasteiger partial charge on any atom is 0.276 e. The number of carbonyl (C=O) groups is 2. The number of fused-ring (bicyclic) bond motifs is 1. The number of rotatable bonds is 6. The standard InChI is InChI=1S/C22H22ClN5O3S/c1-3-31-16-7-5-15(6-8-16)27-10-11-28-20(21(27)30)25-26-22(28)32-13-19(29)24-18-9-4-14(2)12-17(18)23/h4-12,20,25H,3,13H2,1-2H3,(H,24,29). The zero-order chi connectivity index (χ0) is 22.7. The molecule has 0 aliphatic carbocycles. The summed E-state index contributed by atoms with van der Waals surface area (Å²) in [7, 11) is 0. The number of carbonyl (C=O) groups excluding carboxylic acids is 2. The van der Waals surface area contributed by atoms with Crippen LogP contribution in [0.2, 0.25) is 5.02 Å². The number of anilines is 2. The van der Waals surface area contributed by atoms with E-state index < -0.39 is 6.17 Å². The number of thioether (sulfide) groups is 1. The van der Waals surface area contributed by atoms with Gasteiger partial charge in [0.2, 0.25) is 12.1 Å². The van der Waals surface area contributed by atoms with Crippen molar-refractivity contribution in [3.63, 3.8) is 0 Å². The molecule has 0 spiro atoms. The molecule has 2 aliphatic heterocycles. The summed E-state index contributed by atoms with van der Waals surface area (Å²) in [4.78, 5) is 28.6. The van der Waals surface area contributed by atoms with Crippen molar-refractivity contribution in [1.82, 2.24) is 10.3 Å². The first kappa shape index (κ1) is 22.0. The molecule has 8 nitrogen and oxygen atoms in total. The van der Waals surface area contributed by atoms with Gasteiger partial charge in [0, 0.05) is 18.1 Å². The number of nitrogens with zero attached hydrogens (tertiary/aromatic N) is 3. The van der Waals surface area contributed by atoms with E-state index in [1.165, 1.54) is 11.8 Å². The molecule has 32 heavy (non-hydrogen) atoms. The maximum absolute atomic E-state index is 13.0. The number of ether oxygens (including phenoxy) is 1. The molecule has 2 aromatic carbocycles. The van der Waals surface area contributed by atoms with Crippen LogP contribution < -0.4 is 20.4 Å². The Hall–Kier alpha value is -3.17. The fourth-order valence-corrected chi connectivity index (χ4v) is 4.29. The van der Waals surface area contributed by atoms with Gasteiger partial charge < -0.3 is 10.1 Å². The summed E-state index contributed by atoms with van der Waals surface area (Å²) in [5.41, 5.74) is 5.16. The number of amidine groups is 1. The van der Waals surface area contributed by atoms with Crippen LogP contribution in [0.25, 0.3) is 0 Å². The molecule has 2 aromatic rings. The SMILES string of the molecule is CCOc1ccc(N2C=CN3C(SCC(=O)Nc4ccc(C)cc4Cl)=NNC3C2=O)cc1. The summed E-state index contributed by atoms with van der Waals surface area (Å²) >= 11 is 7.41. The Bertz CT molecular complexity index is 1090. The second-order valence-corrected chi connectivity index (χ2v) is 8.44. The Morgan fingerprint density at radius 1 is 1.25 bits per heavy atom. The van der Waals surface area contributed by atoms with Crippen molar-refractivity contribution < 1.29 is 14.3 Å². The van der Waals surface area contributed by atoms with Gasteiger partial charge >= 0.3 is 0 Å². The predicted molar refractivity (Wildman–Crippen MR) is 128 cm³/mol. The van der Waals surface area contributed by atoms with Crippen LogP contribution in [-0.2, 0) is 9.59 Å². The second kappa shape index (κ2) is 9.54. The van der Waals surface area contributed by atoms with Gasteiger partial charge in [-0.3, -0.25) is 24.8 Å². The summed E-state index contributed by atoms with van der Waals surface area (Å²) in [5, 5.41) is 8.06. The Morgan fingerprint density at radius 3 is 2.75 bits per heavy atom. The molecule has 2 aliphatic rings. The minimum atomic E-state index is -0.663. The van der Waals surface area contributed by atoms with Crippen molar-refractivity contribution in [3.8, 4) is 5.75 Å². The first-order valence-electron chi connectivity index (χ1n) is 10.0. The van der Waals surface area contributed by atoms with Crippen LogP contribution in [0.4, 0.5) is 11.4 Å². The normalized spacial score (nSPS) is 17.0. The van der Waals surface area contributed by atoms with Crippen molar-refractivity contribution in [2.75, 3.05) is 22.6 Å². The van der Waals surface area contributed by atoms with E-state index in [0.29, 0.717) is 22.5 Å². The van der Waals surface area contributed by atoms with E-state index in [2.05, 4.69) is 15.8 Å². The third-order valence-corrected chi connectivity index (χ3v) is 6.07. The van der Waals surface area contributed by atoms with E-state index in [1.807, 2.05) is 44.2 Å². The van der Waals surface area contributed by atoms with Crippen LogP contribution in [0.15, 0.2) is 60.0 Å². The molecule has 0 saturated carbocycles. The summed E-state index contributed by atoms with van der Waals surface area (Å²) in [6, 6.07) is 12.7. The van der Waals surface area contributed by atoms with Crippen molar-refractivity contribution in [3.05, 3.63) is 65.5 Å². The molecule has 1 unspecified atom stereocenters. The molecule has 2 heterocycles. The third kappa shape index (κ3) is 4.68. The van der Waals surface area contributed by atoms with Gasteiger partial charge in [0.05, 0.1) is 23.1 Å². The van der Waals surface area contributed by atoms with Crippen LogP contribution in [0.1, 0.15) is 12.5 Å². The fraction of sp³-hybridized carbons (Fsp3) is 0.227. The van der Waals surface area contributed by atoms with Crippen molar-refractivity contribution >= 4 is 51.7 Å². The van der Waals surface area contributed by atoms with Gasteiger partial charge in [-0.25, -0.2) is 0 Å². The zero-order valence-corrected chi connectivity index (χ0v) is 19.1. The number of benzene rings is 2. The van der Waals surface area contributed by atoms with Crippen LogP contribution in [-0.4, -0.2) is 40.4 Å². The lowest BCUT2D eigenvalue weighted by Gasteiger charge is -2.31. The van der Waals surface area contributed by atoms with Gasteiger partial charge in [-0.2, -0.15) is 5.10 Å². The lowest BCUT2D eigenvalue weighted by molar-refractivity contribution is -0.122. The van der Waals surface area contributed by atoms with Crippen LogP contribution in [0.3, 0.4) is 0 Å². The van der Waals surface area contributed by atoms with Gasteiger partial charge in [0.25, 0.3) is 5.91 Å². The van der Waals surface area contributed by atoms with E-state index in [4.69, 9.17) is 16.3 Å². The number of nitrogens with one attached hydrogen (secondary N) is 2. The highest BCUT2D eigenvalue weighted by Gasteiger charge is 2.38. The summed E-state index contributed by atoms with van der Waals surface area (Å²) < 4.78 is 5.45. The fourth-order valence-electron chi connectivity index (χ4n) is 3.24. The molecule has 0 aromatic heterocycles. The molecule has 166 valence electrons. The zero-order valence-electron chi connectivity index (χ0n) is 17.5. The summed E-state index contributed by atoms with van der Waals surface area (Å²) in [6.45, 7) is 4.43. The molecule has 1 atom stereocenters.